The summed E-state index contributed by atoms with van der Waals surface area (Å²) in [7, 11) is 0. The van der Waals surface area contributed by atoms with E-state index in [4.69, 9.17) is 5.84 Å². The zero-order chi connectivity index (χ0) is 14.6. The maximum Gasteiger partial charge on any atom is 0.273 e. The maximum absolute atomic E-state index is 10.9. The molecular weight excluding hydrogens is 260 g/mol. The van der Waals surface area contributed by atoms with Gasteiger partial charge in [0, 0.05) is 17.8 Å². The van der Waals surface area contributed by atoms with Gasteiger partial charge in [-0.05, 0) is 18.9 Å². The summed E-state index contributed by atoms with van der Waals surface area (Å²) in [6.45, 7) is 0.0150. The van der Waals surface area contributed by atoms with Gasteiger partial charge in [0.1, 0.15) is 0 Å². The average molecular weight is 280 g/mol. The summed E-state index contributed by atoms with van der Waals surface area (Å²) >= 11 is 0. The van der Waals surface area contributed by atoms with Crippen LogP contribution in [0, 0.1) is 10.1 Å². The Labute approximate surface area is 117 Å². The van der Waals surface area contributed by atoms with Gasteiger partial charge < -0.3 is 15.8 Å². The quantitative estimate of drug-likeness (QED) is 0.372. The first-order valence-electron chi connectivity index (χ1n) is 6.74. The number of hydrogen-bond acceptors (Lipinski definition) is 6. The van der Waals surface area contributed by atoms with Crippen LogP contribution in [-0.2, 0) is 0 Å². The highest BCUT2D eigenvalue weighted by atomic mass is 16.6. The van der Waals surface area contributed by atoms with Gasteiger partial charge in [-0.25, -0.2) is 0 Å². The number of aliphatic hydroxyl groups is 1. The van der Waals surface area contributed by atoms with Crippen LogP contribution in [0.25, 0.3) is 0 Å². The van der Waals surface area contributed by atoms with Crippen LogP contribution in [0.2, 0.25) is 0 Å². The number of nitrogens with one attached hydrogen (secondary N) is 2. The Morgan fingerprint density at radius 1 is 1.25 bits per heavy atom. The number of nitrogens with two attached hydrogens (primary N) is 1. The van der Waals surface area contributed by atoms with Crippen LogP contribution in [-0.4, -0.2) is 22.2 Å². The van der Waals surface area contributed by atoms with Gasteiger partial charge in [-0.15, -0.1) is 0 Å². The van der Waals surface area contributed by atoms with Gasteiger partial charge >= 0.3 is 0 Å². The molecule has 0 aromatic heterocycles. The molecule has 7 nitrogen and oxygen atoms in total. The molecule has 1 fully saturated rings. The van der Waals surface area contributed by atoms with Crippen molar-refractivity contribution in [1.82, 2.24) is 0 Å². The summed E-state index contributed by atoms with van der Waals surface area (Å²) in [4.78, 5) is 10.5. The molecule has 110 valence electrons. The van der Waals surface area contributed by atoms with E-state index in [-0.39, 0.29) is 17.8 Å². The summed E-state index contributed by atoms with van der Waals surface area (Å²) in [5.74, 6) is 5.34. The normalized spacial score (nSPS) is 17.5. The molecule has 0 saturated heterocycles. The molecule has 2 rings (SSSR count). The fraction of sp³-hybridized carbons (Fsp3) is 0.538. The Morgan fingerprint density at radius 2 is 1.90 bits per heavy atom. The number of nitrogen functional groups attached to an aromatic ring is 1. The third-order valence-corrected chi connectivity index (χ3v) is 3.82. The standard InChI is InChI=1S/C13H20N4O3/c14-16-11-6-10(7-12(8-11)17(19)20)15-13(9-18)4-2-1-3-5-13/h6-8,15-16,18H,1-5,9,14H2. The van der Waals surface area contributed by atoms with E-state index in [1.807, 2.05) is 0 Å². The monoisotopic (exact) mass is 280 g/mol. The molecule has 1 aliphatic rings. The first-order valence-corrected chi connectivity index (χ1v) is 6.74. The molecule has 1 aromatic carbocycles. The third kappa shape index (κ3) is 3.17. The van der Waals surface area contributed by atoms with E-state index >= 15 is 0 Å². The number of nitro groups is 1. The number of anilines is 2. The van der Waals surface area contributed by atoms with Crippen molar-refractivity contribution < 1.29 is 10.0 Å². The van der Waals surface area contributed by atoms with E-state index in [0.717, 1.165) is 32.1 Å². The van der Waals surface area contributed by atoms with Crippen molar-refractivity contribution in [3.8, 4) is 0 Å². The number of benzene rings is 1. The van der Waals surface area contributed by atoms with Gasteiger partial charge in [0.25, 0.3) is 5.69 Å². The minimum Gasteiger partial charge on any atom is -0.394 e. The van der Waals surface area contributed by atoms with Crippen molar-refractivity contribution in [2.45, 2.75) is 37.6 Å². The van der Waals surface area contributed by atoms with Crippen LogP contribution in [0.15, 0.2) is 18.2 Å². The van der Waals surface area contributed by atoms with Gasteiger partial charge in [-0.2, -0.15) is 0 Å². The van der Waals surface area contributed by atoms with E-state index in [2.05, 4.69) is 10.7 Å². The molecule has 1 saturated carbocycles. The Hall–Kier alpha value is -1.86. The number of rotatable bonds is 5. The number of hydrogen-bond donors (Lipinski definition) is 4. The molecule has 0 unspecified atom stereocenters. The highest BCUT2D eigenvalue weighted by Gasteiger charge is 2.31. The summed E-state index contributed by atoms with van der Waals surface area (Å²) < 4.78 is 0. The largest absolute Gasteiger partial charge is 0.394 e. The second kappa shape index (κ2) is 6.06. The summed E-state index contributed by atoms with van der Waals surface area (Å²) in [6.07, 6.45) is 4.97. The molecule has 7 heteroatoms. The van der Waals surface area contributed by atoms with Crippen molar-refractivity contribution >= 4 is 17.1 Å². The topological polar surface area (TPSA) is 113 Å². The lowest BCUT2D eigenvalue weighted by molar-refractivity contribution is -0.384. The predicted molar refractivity (Wildman–Crippen MR) is 77.4 cm³/mol. The lowest BCUT2D eigenvalue weighted by atomic mass is 9.82. The van der Waals surface area contributed by atoms with Crippen LogP contribution in [0.4, 0.5) is 17.1 Å². The Morgan fingerprint density at radius 3 is 2.45 bits per heavy atom. The van der Waals surface area contributed by atoms with E-state index in [0.29, 0.717) is 11.4 Å². The van der Waals surface area contributed by atoms with Gasteiger partial charge in [-0.3, -0.25) is 16.0 Å². The number of non-ortho nitro benzene ring substituents is 1. The van der Waals surface area contributed by atoms with Crippen LogP contribution in [0.3, 0.4) is 0 Å². The minimum absolute atomic E-state index is 0.0150. The van der Waals surface area contributed by atoms with E-state index in [9.17, 15) is 15.2 Å². The van der Waals surface area contributed by atoms with Crippen molar-refractivity contribution in [3.63, 3.8) is 0 Å². The molecule has 5 N–H and O–H groups in total. The smallest absolute Gasteiger partial charge is 0.273 e. The molecule has 0 atom stereocenters. The zero-order valence-corrected chi connectivity index (χ0v) is 11.3. The Balaban J connectivity index is 2.27. The summed E-state index contributed by atoms with van der Waals surface area (Å²) in [6, 6.07) is 4.55. The lowest BCUT2D eigenvalue weighted by Crippen LogP contribution is -2.43. The SMILES string of the molecule is NNc1cc(NC2(CO)CCCCC2)cc([N+](=O)[O-])c1. The number of nitrogens with zero attached hydrogens (tertiary/aromatic N) is 1. The predicted octanol–water partition coefficient (Wildman–Crippen LogP) is 1.99. The fourth-order valence-electron chi connectivity index (χ4n) is 2.73. The maximum atomic E-state index is 10.9. The lowest BCUT2D eigenvalue weighted by Gasteiger charge is -2.37. The molecule has 0 amide bonds. The van der Waals surface area contributed by atoms with Crippen molar-refractivity contribution in [1.29, 1.82) is 0 Å². The third-order valence-electron chi connectivity index (χ3n) is 3.82. The van der Waals surface area contributed by atoms with Crippen molar-refractivity contribution in [2.24, 2.45) is 5.84 Å². The van der Waals surface area contributed by atoms with Gasteiger partial charge in [0.05, 0.1) is 22.8 Å². The van der Waals surface area contributed by atoms with E-state index in [1.165, 1.54) is 12.1 Å². The molecule has 20 heavy (non-hydrogen) atoms. The molecule has 1 aromatic rings. The van der Waals surface area contributed by atoms with Crippen molar-refractivity contribution in [3.05, 3.63) is 28.3 Å². The zero-order valence-electron chi connectivity index (χ0n) is 11.3. The van der Waals surface area contributed by atoms with Gasteiger partial charge in [-0.1, -0.05) is 19.3 Å². The molecule has 0 aliphatic heterocycles. The minimum atomic E-state index is -0.460. The van der Waals surface area contributed by atoms with Crippen molar-refractivity contribution in [2.75, 3.05) is 17.3 Å². The molecule has 1 aliphatic carbocycles. The fourth-order valence-corrected chi connectivity index (χ4v) is 2.73. The molecule has 0 bridgehead atoms. The van der Waals surface area contributed by atoms with Crippen LogP contribution >= 0.6 is 0 Å². The molecule has 0 spiro atoms. The van der Waals surface area contributed by atoms with Gasteiger partial charge in [0.2, 0.25) is 0 Å². The molecular formula is C13H20N4O3. The van der Waals surface area contributed by atoms with E-state index < -0.39 is 4.92 Å². The Kier molecular flexibility index (Phi) is 4.41. The number of hydrazine groups is 1. The second-order valence-corrected chi connectivity index (χ2v) is 5.29. The molecule has 0 radical (unpaired) electrons. The van der Waals surface area contributed by atoms with Crippen LogP contribution < -0.4 is 16.6 Å². The highest BCUT2D eigenvalue weighted by Crippen LogP contribution is 2.33. The second-order valence-electron chi connectivity index (χ2n) is 5.29. The highest BCUT2D eigenvalue weighted by molar-refractivity contribution is 5.63. The summed E-state index contributed by atoms with van der Waals surface area (Å²) in [5, 5.41) is 23.9. The average Bonchev–Trinajstić information content (AvgIpc) is 2.47. The number of aliphatic hydroxyl groups excluding tert-OH is 1. The summed E-state index contributed by atoms with van der Waals surface area (Å²) in [5.41, 5.74) is 3.06. The Bertz CT molecular complexity index is 487. The van der Waals surface area contributed by atoms with E-state index in [1.54, 1.807) is 6.07 Å². The number of nitro benzene ring substituents is 1. The van der Waals surface area contributed by atoms with Gasteiger partial charge in [0.15, 0.2) is 0 Å². The molecule has 0 heterocycles. The van der Waals surface area contributed by atoms with Crippen LogP contribution in [0.1, 0.15) is 32.1 Å². The first-order chi connectivity index (χ1) is 9.58. The first kappa shape index (κ1) is 14.5. The van der Waals surface area contributed by atoms with Crippen LogP contribution in [0.5, 0.6) is 0 Å².